The standard InChI is InChI=1S/C22H19FN8O/c1-2-15(28-20-18-19(25-11-24-18)26-12-27-20)21-29-16-10-6-9-14(23)17(16)22(32)31(21)30-13-7-4-3-5-8-13/h3-12,15,30H,2H2,1H3,(H2,24,25,26,27,28)/t15-/m0/s1. The van der Waals surface area contributed by atoms with Crippen LogP contribution in [0.5, 0.6) is 0 Å². The van der Waals surface area contributed by atoms with E-state index in [1.54, 1.807) is 6.07 Å². The first-order chi connectivity index (χ1) is 15.7. The predicted molar refractivity (Wildman–Crippen MR) is 120 cm³/mol. The number of H-pyrrole nitrogens is 1. The Balaban J connectivity index is 1.67. The number of imidazole rings is 1. The number of hydrogen-bond donors (Lipinski definition) is 3. The Hall–Kier alpha value is -4.34. The fourth-order valence-electron chi connectivity index (χ4n) is 3.57. The second kappa shape index (κ2) is 8.06. The number of fused-ring (bicyclic) bond motifs is 2. The molecule has 3 heterocycles. The molecule has 32 heavy (non-hydrogen) atoms. The number of benzene rings is 2. The lowest BCUT2D eigenvalue weighted by Gasteiger charge is -2.22. The molecule has 0 saturated carbocycles. The van der Waals surface area contributed by atoms with Gasteiger partial charge in [0, 0.05) is 0 Å². The Kier molecular flexibility index (Phi) is 4.94. The Morgan fingerprint density at radius 1 is 1.09 bits per heavy atom. The van der Waals surface area contributed by atoms with Crippen molar-refractivity contribution in [1.29, 1.82) is 0 Å². The van der Waals surface area contributed by atoms with E-state index in [1.807, 2.05) is 37.3 Å². The molecule has 9 nitrogen and oxygen atoms in total. The maximum atomic E-state index is 14.5. The fraction of sp³-hybridized carbons (Fsp3) is 0.136. The SMILES string of the molecule is CC[C@H](Nc1ncnc2[nH]cnc12)c1nc2cccc(F)c2c(=O)n1Nc1ccccc1. The zero-order chi connectivity index (χ0) is 22.1. The molecule has 0 aliphatic heterocycles. The van der Waals surface area contributed by atoms with Crippen LogP contribution in [0, 0.1) is 5.82 Å². The molecule has 0 amide bonds. The normalized spacial score (nSPS) is 12.2. The van der Waals surface area contributed by atoms with Crippen molar-refractivity contribution in [3.05, 3.63) is 83.2 Å². The number of para-hydroxylation sites is 1. The zero-order valence-corrected chi connectivity index (χ0v) is 17.1. The van der Waals surface area contributed by atoms with Crippen molar-refractivity contribution in [1.82, 2.24) is 29.6 Å². The van der Waals surface area contributed by atoms with Gasteiger partial charge in [0.25, 0.3) is 5.56 Å². The van der Waals surface area contributed by atoms with Gasteiger partial charge in [-0.05, 0) is 30.7 Å². The fourth-order valence-corrected chi connectivity index (χ4v) is 3.57. The van der Waals surface area contributed by atoms with Crippen molar-refractivity contribution < 1.29 is 4.39 Å². The number of aromatic nitrogens is 6. The summed E-state index contributed by atoms with van der Waals surface area (Å²) < 4.78 is 15.8. The van der Waals surface area contributed by atoms with Gasteiger partial charge in [-0.25, -0.2) is 29.0 Å². The number of nitrogens with zero attached hydrogens (tertiary/aromatic N) is 5. The highest BCUT2D eigenvalue weighted by atomic mass is 19.1. The number of halogens is 1. The van der Waals surface area contributed by atoms with Crippen molar-refractivity contribution in [3.63, 3.8) is 0 Å². The van der Waals surface area contributed by atoms with Gasteiger partial charge >= 0.3 is 0 Å². The largest absolute Gasteiger partial charge is 0.358 e. The Morgan fingerprint density at radius 3 is 2.75 bits per heavy atom. The molecule has 0 spiro atoms. The lowest BCUT2D eigenvalue weighted by molar-refractivity contribution is 0.622. The average molecular weight is 430 g/mol. The van der Waals surface area contributed by atoms with Gasteiger partial charge in [0.2, 0.25) is 0 Å². The maximum absolute atomic E-state index is 14.5. The molecule has 0 fully saturated rings. The highest BCUT2D eigenvalue weighted by Gasteiger charge is 2.22. The molecule has 5 aromatic rings. The van der Waals surface area contributed by atoms with E-state index in [0.29, 0.717) is 34.9 Å². The summed E-state index contributed by atoms with van der Waals surface area (Å²) >= 11 is 0. The molecular formula is C22H19FN8O. The second-order valence-electron chi connectivity index (χ2n) is 7.15. The van der Waals surface area contributed by atoms with Gasteiger partial charge in [-0.3, -0.25) is 10.2 Å². The molecule has 0 bridgehead atoms. The van der Waals surface area contributed by atoms with E-state index in [1.165, 1.54) is 29.5 Å². The van der Waals surface area contributed by atoms with Crippen LogP contribution in [0.1, 0.15) is 25.2 Å². The van der Waals surface area contributed by atoms with Gasteiger partial charge in [-0.15, -0.1) is 0 Å². The minimum Gasteiger partial charge on any atom is -0.358 e. The van der Waals surface area contributed by atoms with E-state index in [2.05, 4.69) is 35.7 Å². The molecule has 5 rings (SSSR count). The van der Waals surface area contributed by atoms with Crippen LogP contribution >= 0.6 is 0 Å². The maximum Gasteiger partial charge on any atom is 0.283 e. The Labute approximate surface area is 181 Å². The van der Waals surface area contributed by atoms with Gasteiger partial charge in [-0.1, -0.05) is 31.2 Å². The van der Waals surface area contributed by atoms with Gasteiger partial charge in [0.15, 0.2) is 17.3 Å². The summed E-state index contributed by atoms with van der Waals surface area (Å²) in [5.74, 6) is 0.273. The van der Waals surface area contributed by atoms with Crippen LogP contribution in [0.2, 0.25) is 0 Å². The number of rotatable bonds is 6. The monoisotopic (exact) mass is 430 g/mol. The smallest absolute Gasteiger partial charge is 0.283 e. The third-order valence-corrected chi connectivity index (χ3v) is 5.14. The van der Waals surface area contributed by atoms with Crippen LogP contribution in [0.15, 0.2) is 66.0 Å². The summed E-state index contributed by atoms with van der Waals surface area (Å²) in [7, 11) is 0. The van der Waals surface area contributed by atoms with Gasteiger partial charge in [0.05, 0.1) is 23.6 Å². The van der Waals surface area contributed by atoms with Crippen molar-refractivity contribution >= 4 is 33.6 Å². The first kappa shape index (κ1) is 19.6. The number of hydrogen-bond acceptors (Lipinski definition) is 7. The molecule has 0 radical (unpaired) electrons. The third kappa shape index (κ3) is 3.41. The van der Waals surface area contributed by atoms with Crippen molar-refractivity contribution in [3.8, 4) is 0 Å². The van der Waals surface area contributed by atoms with Crippen LogP contribution in [0.25, 0.3) is 22.1 Å². The minimum atomic E-state index is -0.620. The van der Waals surface area contributed by atoms with Crippen molar-refractivity contribution in [2.75, 3.05) is 10.7 Å². The van der Waals surface area contributed by atoms with Crippen LogP contribution in [0.3, 0.4) is 0 Å². The summed E-state index contributed by atoms with van der Waals surface area (Å²) in [5, 5.41) is 3.24. The molecule has 0 saturated heterocycles. The van der Waals surface area contributed by atoms with E-state index in [0.717, 1.165) is 0 Å². The summed E-state index contributed by atoms with van der Waals surface area (Å²) in [4.78, 5) is 33.7. The molecule has 3 N–H and O–H groups in total. The third-order valence-electron chi connectivity index (χ3n) is 5.14. The number of aromatic amines is 1. The Bertz CT molecular complexity index is 1460. The van der Waals surface area contributed by atoms with E-state index in [-0.39, 0.29) is 10.9 Å². The second-order valence-corrected chi connectivity index (χ2v) is 7.15. The average Bonchev–Trinajstić information content (AvgIpc) is 3.30. The van der Waals surface area contributed by atoms with E-state index in [9.17, 15) is 9.18 Å². The lowest BCUT2D eigenvalue weighted by Crippen LogP contribution is -2.34. The van der Waals surface area contributed by atoms with E-state index < -0.39 is 17.4 Å². The van der Waals surface area contributed by atoms with Crippen LogP contribution in [-0.4, -0.2) is 29.6 Å². The zero-order valence-electron chi connectivity index (χ0n) is 17.1. The summed E-state index contributed by atoms with van der Waals surface area (Å²) in [6.07, 6.45) is 3.53. The Morgan fingerprint density at radius 2 is 1.94 bits per heavy atom. The van der Waals surface area contributed by atoms with Crippen molar-refractivity contribution in [2.45, 2.75) is 19.4 Å². The summed E-state index contributed by atoms with van der Waals surface area (Å²) in [6, 6.07) is 13.2. The minimum absolute atomic E-state index is 0.0775. The topological polar surface area (TPSA) is 113 Å². The molecule has 0 aliphatic rings. The summed E-state index contributed by atoms with van der Waals surface area (Å²) in [5.41, 5.74) is 4.65. The predicted octanol–water partition coefficient (Wildman–Crippen LogP) is 3.64. The molecule has 1 atom stereocenters. The molecule has 0 unspecified atom stereocenters. The van der Waals surface area contributed by atoms with Crippen LogP contribution in [-0.2, 0) is 0 Å². The van der Waals surface area contributed by atoms with Crippen molar-refractivity contribution in [2.24, 2.45) is 0 Å². The van der Waals surface area contributed by atoms with Gasteiger partial charge < -0.3 is 10.3 Å². The molecule has 160 valence electrons. The molecular weight excluding hydrogens is 411 g/mol. The molecule has 10 heteroatoms. The highest BCUT2D eigenvalue weighted by molar-refractivity contribution is 5.82. The first-order valence-corrected chi connectivity index (χ1v) is 10.1. The highest BCUT2D eigenvalue weighted by Crippen LogP contribution is 2.25. The quantitative estimate of drug-likeness (QED) is 0.377. The molecule has 0 aliphatic carbocycles. The molecule has 2 aromatic carbocycles. The van der Waals surface area contributed by atoms with Crippen LogP contribution < -0.4 is 16.3 Å². The van der Waals surface area contributed by atoms with E-state index >= 15 is 0 Å². The molecule has 3 aromatic heterocycles. The first-order valence-electron chi connectivity index (χ1n) is 10.1. The number of anilines is 2. The lowest BCUT2D eigenvalue weighted by atomic mass is 10.1. The van der Waals surface area contributed by atoms with Gasteiger partial charge in [0.1, 0.15) is 23.0 Å². The van der Waals surface area contributed by atoms with Gasteiger partial charge in [-0.2, -0.15) is 0 Å². The summed E-state index contributed by atoms with van der Waals surface area (Å²) in [6.45, 7) is 1.95. The van der Waals surface area contributed by atoms with E-state index in [4.69, 9.17) is 0 Å². The van der Waals surface area contributed by atoms with Crippen LogP contribution in [0.4, 0.5) is 15.9 Å². The number of nitrogens with one attached hydrogen (secondary N) is 3.